The molecule has 3 nitrogen and oxygen atoms in total. The highest BCUT2D eigenvalue weighted by Crippen LogP contribution is 2.22. The normalized spacial score (nSPS) is 11.7. The van der Waals surface area contributed by atoms with Gasteiger partial charge in [0.25, 0.3) is 0 Å². The molecule has 120 valence electrons. The summed E-state index contributed by atoms with van der Waals surface area (Å²) in [6, 6.07) is 3.88. The smallest absolute Gasteiger partial charge is 0.359 e. The van der Waals surface area contributed by atoms with E-state index in [0.717, 1.165) is 30.6 Å². The summed E-state index contributed by atoms with van der Waals surface area (Å²) < 4.78 is 37.0. The van der Waals surface area contributed by atoms with Crippen LogP contribution in [0.2, 0.25) is 0 Å². The van der Waals surface area contributed by atoms with E-state index in [1.807, 2.05) is 19.1 Å². The molecule has 0 aliphatic rings. The molecule has 0 unspecified atom stereocenters. The van der Waals surface area contributed by atoms with Crippen molar-refractivity contribution >= 4 is 5.82 Å². The quantitative estimate of drug-likeness (QED) is 0.796. The fourth-order valence-corrected chi connectivity index (χ4v) is 1.99. The molecule has 0 amide bonds. The van der Waals surface area contributed by atoms with Crippen LogP contribution in [-0.2, 0) is 13.0 Å². The van der Waals surface area contributed by atoms with Crippen molar-refractivity contribution in [3.63, 3.8) is 0 Å². The molecular weight excluding hydrogens is 279 g/mol. The molecule has 1 heterocycles. The Hall–Kier alpha value is -1.30. The molecule has 1 N–H and O–H groups in total. The Kier molecular flexibility index (Phi) is 6.95. The summed E-state index contributed by atoms with van der Waals surface area (Å²) in [6.07, 6.45) is -3.17. The van der Waals surface area contributed by atoms with Gasteiger partial charge >= 0.3 is 6.18 Å². The minimum atomic E-state index is -4.14. The van der Waals surface area contributed by atoms with Gasteiger partial charge in [-0.15, -0.1) is 0 Å². The summed E-state index contributed by atoms with van der Waals surface area (Å²) >= 11 is 0. The van der Waals surface area contributed by atoms with E-state index in [1.165, 1.54) is 0 Å². The van der Waals surface area contributed by atoms with E-state index in [0.29, 0.717) is 12.4 Å². The van der Waals surface area contributed by atoms with Crippen molar-refractivity contribution in [1.82, 2.24) is 10.3 Å². The van der Waals surface area contributed by atoms with Gasteiger partial charge in [0.15, 0.2) is 0 Å². The van der Waals surface area contributed by atoms with Crippen LogP contribution in [0.15, 0.2) is 12.1 Å². The van der Waals surface area contributed by atoms with Crippen LogP contribution in [0.4, 0.5) is 19.0 Å². The number of rotatable bonds is 8. The lowest BCUT2D eigenvalue weighted by Gasteiger charge is -2.21. The van der Waals surface area contributed by atoms with E-state index < -0.39 is 12.6 Å². The fraction of sp³-hybridized carbons (Fsp3) is 0.667. The van der Waals surface area contributed by atoms with E-state index in [-0.39, 0.29) is 6.54 Å². The number of hydrogen-bond donors (Lipinski definition) is 1. The lowest BCUT2D eigenvalue weighted by atomic mass is 10.1. The van der Waals surface area contributed by atoms with Gasteiger partial charge in [-0.3, -0.25) is 0 Å². The second kappa shape index (κ2) is 8.22. The van der Waals surface area contributed by atoms with E-state index in [9.17, 15) is 13.2 Å². The third-order valence-electron chi connectivity index (χ3n) is 3.13. The Balaban J connectivity index is 2.84. The second-order valence-corrected chi connectivity index (χ2v) is 5.14. The molecule has 0 saturated carbocycles. The molecule has 0 radical (unpaired) electrons. The highest BCUT2D eigenvalue weighted by Gasteiger charge is 2.27. The topological polar surface area (TPSA) is 28.2 Å². The van der Waals surface area contributed by atoms with Gasteiger partial charge in [-0.2, -0.15) is 13.2 Å². The van der Waals surface area contributed by atoms with Crippen LogP contribution in [-0.4, -0.2) is 31.3 Å². The Bertz CT molecular complexity index is 433. The monoisotopic (exact) mass is 303 g/mol. The lowest BCUT2D eigenvalue weighted by Crippen LogP contribution is -2.25. The molecule has 21 heavy (non-hydrogen) atoms. The van der Waals surface area contributed by atoms with E-state index in [1.54, 1.807) is 11.9 Å². The van der Waals surface area contributed by atoms with Crippen molar-refractivity contribution in [3.05, 3.63) is 23.4 Å². The van der Waals surface area contributed by atoms with Crippen molar-refractivity contribution in [1.29, 1.82) is 0 Å². The highest BCUT2D eigenvalue weighted by molar-refractivity contribution is 5.42. The highest BCUT2D eigenvalue weighted by atomic mass is 19.4. The zero-order chi connectivity index (χ0) is 15.9. The number of anilines is 1. The third kappa shape index (κ3) is 6.80. The molecule has 0 aliphatic carbocycles. The maximum absolute atomic E-state index is 12.3. The Morgan fingerprint density at radius 3 is 2.52 bits per heavy atom. The van der Waals surface area contributed by atoms with Crippen molar-refractivity contribution in [2.75, 3.05) is 25.0 Å². The van der Waals surface area contributed by atoms with Crippen LogP contribution < -0.4 is 10.2 Å². The molecule has 1 rings (SSSR count). The van der Waals surface area contributed by atoms with Crippen LogP contribution >= 0.6 is 0 Å². The molecule has 0 fully saturated rings. The number of halogens is 3. The summed E-state index contributed by atoms with van der Waals surface area (Å²) in [5, 5.41) is 3.23. The molecule has 0 bridgehead atoms. The van der Waals surface area contributed by atoms with Crippen LogP contribution in [0.1, 0.15) is 37.9 Å². The molecule has 0 spiro atoms. The minimum absolute atomic E-state index is 0.0767. The van der Waals surface area contributed by atoms with Gasteiger partial charge in [0, 0.05) is 25.8 Å². The Morgan fingerprint density at radius 2 is 1.95 bits per heavy atom. The predicted octanol–water partition coefficient (Wildman–Crippen LogP) is 3.53. The molecule has 0 saturated heterocycles. The first-order chi connectivity index (χ1) is 9.85. The van der Waals surface area contributed by atoms with E-state index in [2.05, 4.69) is 17.2 Å². The summed E-state index contributed by atoms with van der Waals surface area (Å²) in [6.45, 7) is 5.56. The first kappa shape index (κ1) is 17.8. The number of pyridine rings is 1. The minimum Gasteiger partial charge on any atom is -0.359 e. The zero-order valence-corrected chi connectivity index (χ0v) is 12.9. The Labute approximate surface area is 124 Å². The van der Waals surface area contributed by atoms with Gasteiger partial charge in [-0.05, 0) is 30.7 Å². The van der Waals surface area contributed by atoms with E-state index >= 15 is 0 Å². The molecule has 0 aromatic carbocycles. The van der Waals surface area contributed by atoms with Gasteiger partial charge in [-0.1, -0.05) is 20.3 Å². The summed E-state index contributed by atoms with van der Waals surface area (Å²) in [5.74, 6) is 0.609. The first-order valence-electron chi connectivity index (χ1n) is 7.34. The van der Waals surface area contributed by atoms with Gasteiger partial charge in [0.05, 0.1) is 6.42 Å². The van der Waals surface area contributed by atoms with E-state index in [4.69, 9.17) is 0 Å². The van der Waals surface area contributed by atoms with Crippen molar-refractivity contribution in [2.24, 2.45) is 0 Å². The zero-order valence-electron chi connectivity index (χ0n) is 12.9. The summed E-state index contributed by atoms with van der Waals surface area (Å²) in [4.78, 5) is 6.03. The molecule has 6 heteroatoms. The van der Waals surface area contributed by atoms with Crippen LogP contribution in [0.25, 0.3) is 0 Å². The number of alkyl halides is 3. The maximum Gasteiger partial charge on any atom is 0.390 e. The van der Waals surface area contributed by atoms with Gasteiger partial charge in [0.2, 0.25) is 0 Å². The predicted molar refractivity (Wildman–Crippen MR) is 79.6 cm³/mol. The summed E-state index contributed by atoms with van der Waals surface area (Å²) in [5.41, 5.74) is 1.99. The van der Waals surface area contributed by atoms with Crippen molar-refractivity contribution in [2.45, 2.75) is 45.8 Å². The van der Waals surface area contributed by atoms with Crippen LogP contribution in [0.5, 0.6) is 0 Å². The molecule has 0 aliphatic heterocycles. The number of nitrogens with zero attached hydrogens (tertiary/aromatic N) is 2. The first-order valence-corrected chi connectivity index (χ1v) is 7.34. The standard InChI is InChI=1S/C15H24F3N3/c1-4-6-13-9-12(11-19-5-2)10-14(20-13)21(3)8-7-15(16,17)18/h9-10,19H,4-8,11H2,1-3H3. The number of aromatic nitrogens is 1. The molecular formula is C15H24F3N3. The van der Waals surface area contributed by atoms with Crippen molar-refractivity contribution in [3.8, 4) is 0 Å². The maximum atomic E-state index is 12.3. The fourth-order valence-electron chi connectivity index (χ4n) is 1.99. The molecule has 0 atom stereocenters. The number of aryl methyl sites for hydroxylation is 1. The van der Waals surface area contributed by atoms with Gasteiger partial charge in [-0.25, -0.2) is 4.98 Å². The van der Waals surface area contributed by atoms with Crippen LogP contribution in [0.3, 0.4) is 0 Å². The average Bonchev–Trinajstić information content (AvgIpc) is 2.42. The van der Waals surface area contributed by atoms with Crippen molar-refractivity contribution < 1.29 is 13.2 Å². The molecule has 1 aromatic heterocycles. The average molecular weight is 303 g/mol. The second-order valence-electron chi connectivity index (χ2n) is 5.14. The largest absolute Gasteiger partial charge is 0.390 e. The Morgan fingerprint density at radius 1 is 1.24 bits per heavy atom. The SMILES string of the molecule is CCCc1cc(CNCC)cc(N(C)CCC(F)(F)F)n1. The third-order valence-corrected chi connectivity index (χ3v) is 3.13. The molecule has 1 aromatic rings. The van der Waals surface area contributed by atoms with Gasteiger partial charge in [0.1, 0.15) is 5.82 Å². The number of nitrogens with one attached hydrogen (secondary N) is 1. The number of hydrogen-bond acceptors (Lipinski definition) is 3. The van der Waals surface area contributed by atoms with Gasteiger partial charge < -0.3 is 10.2 Å². The summed E-state index contributed by atoms with van der Waals surface area (Å²) in [7, 11) is 1.65. The lowest BCUT2D eigenvalue weighted by molar-refractivity contribution is -0.132. The van der Waals surface area contributed by atoms with Crippen LogP contribution in [0, 0.1) is 0 Å².